The smallest absolute Gasteiger partial charge is 0.000000200 e. The standard InChI is InChI=1S/H110P110/c1-57(2)85(58(3)4)99(86(59(5)6)60(7)8)106(100(87(61(9)10)62(11)12)88(63(13)14)64(15)16)109(105(97(81(49)50)82(51)52)98(83(53)54)84(55)56)110(107(101(89(65(17)18)66(19)20)90(67(21)22)68(23)24)102(91(69(25)26)70(27)28)92(71(29)30)72(31)32)108(103(93(73(33)34)74(35)36)94(75(37)38)76(39)40)104(95(77(41)42)78(43)44)96(79(45)46)80(47)48/h1-2H,3-56H2. The molecule has 0 fully saturated rings. The van der Waals surface area contributed by atoms with E-state index in [9.17, 15) is 0 Å². The van der Waals surface area contributed by atoms with E-state index in [1.807, 2.05) is 0 Å². The van der Waals surface area contributed by atoms with Crippen LogP contribution in [0.4, 0.5) is 0 Å². The Labute approximate surface area is 862 Å². The average molecular weight is 3520 g/mol. The lowest BCUT2D eigenvalue weighted by molar-refractivity contribution is 4.28. The summed E-state index contributed by atoms with van der Waals surface area (Å²) in [5, 5.41) is 0. The molecule has 2 radical (unpaired) electrons. The third-order valence-corrected chi connectivity index (χ3v) is 790. The molecule has 660 valence electrons. The molecule has 0 aliphatic carbocycles. The maximum Gasteiger partial charge on any atom is -0.000000200 e. The second kappa shape index (κ2) is 86.1. The third-order valence-electron chi connectivity index (χ3n) is 9.76. The molecule has 0 aromatic heterocycles. The summed E-state index contributed by atoms with van der Waals surface area (Å²) in [5.41, 5.74) is 0. The van der Waals surface area contributed by atoms with Crippen molar-refractivity contribution in [2.45, 2.75) is 0 Å². The van der Waals surface area contributed by atoms with Gasteiger partial charge in [-0.05, 0) is 377 Å². The van der Waals surface area contributed by atoms with E-state index in [0.29, 0.717) is 0 Å². The van der Waals surface area contributed by atoms with Crippen molar-refractivity contribution in [3.8, 4) is 0 Å². The molecule has 0 aliphatic rings. The molecule has 0 N–H and O–H groups in total. The van der Waals surface area contributed by atoms with Gasteiger partial charge in [0.1, 0.15) is 0 Å². The molecule has 0 spiro atoms. The van der Waals surface area contributed by atoms with Crippen LogP contribution in [0.3, 0.4) is 0 Å². The molecule has 110 heavy (non-hydrogen) atoms. The summed E-state index contributed by atoms with van der Waals surface area (Å²) < 4.78 is 0. The van der Waals surface area contributed by atoms with Crippen LogP contribution in [0, 0.1) is 0 Å². The predicted octanol–water partition coefficient (Wildman–Crippen LogP) is 65.3. The van der Waals surface area contributed by atoms with Crippen LogP contribution < -0.4 is 0 Å². The van der Waals surface area contributed by atoms with E-state index in [1.54, 1.807) is 0 Å². The highest BCUT2D eigenvalue weighted by Crippen LogP contribution is 3.56. The van der Waals surface area contributed by atoms with E-state index in [-0.39, 0.29) is 0 Å². The van der Waals surface area contributed by atoms with Crippen LogP contribution in [-0.4, -0.2) is 0 Å². The molecule has 0 aliphatic heterocycles. The zero-order valence-corrected chi connectivity index (χ0v) is 169. The molecule has 0 saturated carbocycles. The van der Waals surface area contributed by atoms with Gasteiger partial charge in [-0.15, -0.1) is 482 Å². The quantitative estimate of drug-likeness (QED) is 0.0533. The summed E-state index contributed by atoms with van der Waals surface area (Å²) in [5.74, 6) is 0. The van der Waals surface area contributed by atoms with E-state index in [1.165, 1.54) is 0 Å². The fourth-order valence-electron chi connectivity index (χ4n) is 6.80. The van der Waals surface area contributed by atoms with Gasteiger partial charge in [0.25, 0.3) is 0 Å². The Bertz CT molecular complexity index is 1850. The molecule has 0 aromatic rings. The molecule has 0 saturated heterocycles. The van der Waals surface area contributed by atoms with Gasteiger partial charge in [-0.25, -0.2) is 0 Å². The Kier molecular flexibility index (Phi) is 123. The van der Waals surface area contributed by atoms with Gasteiger partial charge >= 0.3 is 0 Å². The number of hydrogen-bond acceptors (Lipinski definition) is 0. The van der Waals surface area contributed by atoms with Crippen molar-refractivity contribution in [3.05, 3.63) is 0 Å². The normalized spacial score (nSPS) is 15.0. The number of hydrogen-bond donors (Lipinski definition) is 0. The monoisotopic (exact) mass is 3520 g/mol. The lowest BCUT2D eigenvalue weighted by Gasteiger charge is -2.65. The molecule has 0 amide bonds. The van der Waals surface area contributed by atoms with Crippen molar-refractivity contribution in [2.75, 3.05) is 0 Å². The van der Waals surface area contributed by atoms with Crippen molar-refractivity contribution in [2.24, 2.45) is 0 Å². The van der Waals surface area contributed by atoms with E-state index in [2.05, 4.69) is 482 Å². The Hall–Kier alpha value is 47.3. The van der Waals surface area contributed by atoms with Gasteiger partial charge in [-0.2, -0.15) is 0 Å². The maximum atomic E-state index is 5.06. The average Bonchev–Trinajstić information content (AvgIpc) is 0.705. The first-order valence-corrected chi connectivity index (χ1v) is 225. The fraction of sp³-hybridized carbons (Fsp3) is 0. The summed E-state index contributed by atoms with van der Waals surface area (Å²) in [6.07, 6.45) is 0. The second-order valence-electron chi connectivity index (χ2n) is 17.5. The molecule has 0 heterocycles. The molecular formula is H110P110. The Morgan fingerprint density at radius 1 is 0.0727 bits per heavy atom. The van der Waals surface area contributed by atoms with Crippen LogP contribution in [0.2, 0.25) is 0 Å². The Morgan fingerprint density at radius 3 is 0.164 bits per heavy atom. The minimum atomic E-state index is -0.754. The topological polar surface area (TPSA) is 0 Å². The highest BCUT2D eigenvalue weighted by Gasteiger charge is 2.69. The van der Waals surface area contributed by atoms with Gasteiger partial charge < -0.3 is 0 Å². The van der Waals surface area contributed by atoms with Gasteiger partial charge in [-0.1, -0.05) is 17.9 Å². The first-order valence-electron chi connectivity index (χ1n) is 25.0. The van der Waals surface area contributed by atoms with Gasteiger partial charge in [0, 0.05) is 0 Å². The molecular weight excluding hydrogens is 3410 g/mol. The van der Waals surface area contributed by atoms with E-state index >= 15 is 0 Å². The molecule has 0 aromatic carbocycles. The van der Waals surface area contributed by atoms with Gasteiger partial charge in [0.2, 0.25) is 0 Å². The minimum Gasteiger partial charge on any atom is -0.102 e. The molecule has 0 bridgehead atoms. The first kappa shape index (κ1) is 157. The van der Waals surface area contributed by atoms with Gasteiger partial charge in [0.05, 0.1) is 0 Å². The van der Waals surface area contributed by atoms with Crippen LogP contribution in [-0.2, 0) is 0 Å². The van der Waals surface area contributed by atoms with Crippen LogP contribution in [0.1, 0.15) is 0 Å². The highest BCUT2D eigenvalue weighted by molar-refractivity contribution is 9.62. The van der Waals surface area contributed by atoms with Crippen LogP contribution >= 0.6 is 877 Å². The zero-order chi connectivity index (χ0) is 87.2. The third kappa shape index (κ3) is 55.0. The van der Waals surface area contributed by atoms with Crippen molar-refractivity contribution in [1.82, 2.24) is 0 Å². The predicted molar refractivity (Wildman–Crippen MR) is 915 cm³/mol. The molecule has 58 unspecified atom stereocenters. The summed E-state index contributed by atoms with van der Waals surface area (Å²) in [7, 11) is 218. The Morgan fingerprint density at radius 2 is 0.118 bits per heavy atom. The van der Waals surface area contributed by atoms with Gasteiger partial charge in [0.15, 0.2) is 0 Å². The van der Waals surface area contributed by atoms with Crippen molar-refractivity contribution < 1.29 is 0 Å². The van der Waals surface area contributed by atoms with E-state index in [0.717, 1.165) is 0 Å². The SMILES string of the molecule is [PH]P([PH])P(P(P)P)P(P(P(P)P)P(P)P)P(P(P(P(P)P)P(P)P)P(P(P)P)P(P)P)P(P(P(P(P)P)P(P)P)P(P(P)P)P(P)P)P(P(P(P(P(P)P)P(P)P)P(P(P)P)P(P)P)P(P(P(P)P)P(P)P)P(P(P)P)P(P)P)P(P(P(P(P)P)P(P)P)P(P(P)P)P(P)P)P(P(P(P)P)P(P)P)P(P(P)P)P(P)P. The lowest BCUT2D eigenvalue weighted by Crippen LogP contribution is -1.78. The minimum absolute atomic E-state index is 0.471. The summed E-state index contributed by atoms with van der Waals surface area (Å²) in [6, 6.07) is 0. The molecule has 58 atom stereocenters. The second-order valence-corrected chi connectivity index (χ2v) is 474. The lowest BCUT2D eigenvalue weighted by atomic mass is 28.3. The van der Waals surface area contributed by atoms with Crippen LogP contribution in [0.25, 0.3) is 0 Å². The van der Waals surface area contributed by atoms with Crippen molar-refractivity contribution in [1.29, 1.82) is 0 Å². The summed E-state index contributed by atoms with van der Waals surface area (Å²) >= 11 is 0. The summed E-state index contributed by atoms with van der Waals surface area (Å²) in [4.78, 5) is 0. The number of rotatable bonds is 53. The molecule has 0 rings (SSSR count). The Balaban J connectivity index is 15.6. The van der Waals surface area contributed by atoms with Crippen molar-refractivity contribution >= 4 is 877 Å². The van der Waals surface area contributed by atoms with Crippen molar-refractivity contribution in [3.63, 3.8) is 0 Å². The maximum absolute atomic E-state index is 5.06. The largest absolute Gasteiger partial charge is 0.102 e. The van der Waals surface area contributed by atoms with Gasteiger partial charge in [-0.3, -0.25) is 0 Å². The van der Waals surface area contributed by atoms with Crippen LogP contribution in [0.15, 0.2) is 0 Å². The fourth-order valence-corrected chi connectivity index (χ4v) is 1650. The van der Waals surface area contributed by atoms with Crippen LogP contribution in [0.5, 0.6) is 0 Å². The zero-order valence-electron chi connectivity index (χ0n) is 56.3. The highest BCUT2D eigenvalue weighted by atomic mass is 33.7. The van der Waals surface area contributed by atoms with E-state index in [4.69, 9.17) is 17.9 Å². The molecule has 110 heteroatoms. The summed E-state index contributed by atoms with van der Waals surface area (Å²) in [6.45, 7) is -28.3. The molecule has 0 nitrogen and oxygen atoms in total. The first-order chi connectivity index (χ1) is 50.0. The van der Waals surface area contributed by atoms with E-state index < -0.39 is 377 Å².